The minimum atomic E-state index is 0.104. The van der Waals surface area contributed by atoms with Crippen LogP contribution >= 0.6 is 0 Å². The number of hydrogen-bond acceptors (Lipinski definition) is 3. The number of carbonyl (C=O) groups excluding carboxylic acids is 1. The smallest absolute Gasteiger partial charge is 0.119 e. The summed E-state index contributed by atoms with van der Waals surface area (Å²) in [5, 5.41) is 17.7. The lowest BCUT2D eigenvalue weighted by atomic mass is 10.2. The summed E-state index contributed by atoms with van der Waals surface area (Å²) in [6.07, 6.45) is 0. The summed E-state index contributed by atoms with van der Waals surface area (Å²) in [5.41, 5.74) is 0.854. The monoisotopic (exact) mass is 154 g/mol. The molecule has 1 rings (SSSR count). The van der Waals surface area contributed by atoms with Crippen molar-refractivity contribution < 1.29 is 15.0 Å². The first-order valence-electron chi connectivity index (χ1n) is 2.97. The first-order chi connectivity index (χ1) is 5.18. The van der Waals surface area contributed by atoms with E-state index in [-0.39, 0.29) is 11.5 Å². The van der Waals surface area contributed by atoms with Crippen molar-refractivity contribution in [2.24, 2.45) is 0 Å². The van der Waals surface area contributed by atoms with Gasteiger partial charge in [0.2, 0.25) is 0 Å². The molecule has 0 aliphatic rings. The summed E-state index contributed by atoms with van der Waals surface area (Å²) in [5.74, 6) is 0.208. The summed E-state index contributed by atoms with van der Waals surface area (Å²) >= 11 is 0. The van der Waals surface area contributed by atoms with Crippen molar-refractivity contribution in [3.63, 3.8) is 0 Å². The topological polar surface area (TPSA) is 57.5 Å². The quantitative estimate of drug-likeness (QED) is 0.590. The average molecular weight is 154 g/mol. The van der Waals surface area contributed by atoms with Crippen molar-refractivity contribution in [1.29, 1.82) is 0 Å². The predicted octanol–water partition coefficient (Wildman–Crippen LogP) is 1.22. The fraction of sp³-hybridized carbons (Fsp3) is 0.125. The molecule has 0 aromatic heterocycles. The van der Waals surface area contributed by atoms with Crippen molar-refractivity contribution in [3.05, 3.63) is 23.8 Å². The highest BCUT2D eigenvalue weighted by Gasteiger charge is 1.91. The Bertz CT molecular complexity index is 182. The van der Waals surface area contributed by atoms with Crippen molar-refractivity contribution in [2.45, 2.75) is 6.92 Å². The molecule has 0 unspecified atom stereocenters. The van der Waals surface area contributed by atoms with E-state index in [0.29, 0.717) is 0 Å². The molecule has 0 saturated heterocycles. The van der Waals surface area contributed by atoms with Crippen LogP contribution in [0, 0.1) is 6.92 Å². The van der Waals surface area contributed by atoms with Gasteiger partial charge >= 0.3 is 0 Å². The number of hydrogen-bond donors (Lipinski definition) is 2. The van der Waals surface area contributed by atoms with E-state index in [1.165, 1.54) is 6.07 Å². The molecule has 0 amide bonds. The van der Waals surface area contributed by atoms with E-state index >= 15 is 0 Å². The van der Waals surface area contributed by atoms with Gasteiger partial charge in [-0.15, -0.1) is 0 Å². The van der Waals surface area contributed by atoms with Crippen LogP contribution in [0.15, 0.2) is 18.2 Å². The number of phenolic OH excluding ortho intramolecular Hbond substituents is 2. The van der Waals surface area contributed by atoms with Crippen LogP contribution < -0.4 is 0 Å². The first kappa shape index (κ1) is 9.49. The first-order valence-corrected chi connectivity index (χ1v) is 2.97. The normalized spacial score (nSPS) is 8.09. The third kappa shape index (κ3) is 3.25. The highest BCUT2D eigenvalue weighted by molar-refractivity contribution is 5.35. The van der Waals surface area contributed by atoms with Crippen molar-refractivity contribution >= 4 is 6.79 Å². The van der Waals surface area contributed by atoms with E-state index < -0.39 is 0 Å². The van der Waals surface area contributed by atoms with Gasteiger partial charge in [0.1, 0.15) is 18.3 Å². The number of rotatable bonds is 0. The van der Waals surface area contributed by atoms with Gasteiger partial charge in [0.15, 0.2) is 0 Å². The highest BCUT2D eigenvalue weighted by Crippen LogP contribution is 2.18. The molecule has 1 aromatic rings. The summed E-state index contributed by atoms with van der Waals surface area (Å²) in [7, 11) is 0. The maximum atomic E-state index is 8.83. The molecule has 0 fully saturated rings. The molecule has 60 valence electrons. The van der Waals surface area contributed by atoms with E-state index in [4.69, 9.17) is 15.0 Å². The summed E-state index contributed by atoms with van der Waals surface area (Å²) in [6.45, 7) is 3.80. The Morgan fingerprint density at radius 1 is 1.09 bits per heavy atom. The second kappa shape index (κ2) is 4.33. The van der Waals surface area contributed by atoms with Gasteiger partial charge in [-0.25, -0.2) is 0 Å². The minimum Gasteiger partial charge on any atom is -0.508 e. The Hall–Kier alpha value is -1.51. The molecule has 0 aliphatic heterocycles. The molecular weight excluding hydrogens is 144 g/mol. The third-order valence-electron chi connectivity index (χ3n) is 1.05. The van der Waals surface area contributed by atoms with Gasteiger partial charge in [0.25, 0.3) is 0 Å². The van der Waals surface area contributed by atoms with Crippen molar-refractivity contribution in [2.75, 3.05) is 0 Å². The summed E-state index contributed by atoms with van der Waals surface area (Å²) < 4.78 is 0. The molecule has 3 nitrogen and oxygen atoms in total. The van der Waals surface area contributed by atoms with Crippen molar-refractivity contribution in [1.82, 2.24) is 0 Å². The molecule has 0 radical (unpaired) electrons. The van der Waals surface area contributed by atoms with Gasteiger partial charge in [-0.3, -0.25) is 0 Å². The number of benzene rings is 1. The van der Waals surface area contributed by atoms with E-state index in [1.807, 2.05) is 6.79 Å². The van der Waals surface area contributed by atoms with Crippen LogP contribution in [0.3, 0.4) is 0 Å². The third-order valence-corrected chi connectivity index (χ3v) is 1.05. The molecule has 0 atom stereocenters. The standard InChI is InChI=1S/C7H8O2.CH2O/c1-5-2-6(8)4-7(9)3-5;1-2/h2-4,8-9H,1H3;1H2. The zero-order valence-corrected chi connectivity index (χ0v) is 6.24. The molecule has 0 spiro atoms. The summed E-state index contributed by atoms with van der Waals surface area (Å²) in [4.78, 5) is 8.00. The largest absolute Gasteiger partial charge is 0.508 e. The van der Waals surface area contributed by atoms with Gasteiger partial charge in [-0.05, 0) is 24.6 Å². The molecule has 3 heteroatoms. The number of phenols is 2. The number of carbonyl (C=O) groups is 1. The fourth-order valence-electron chi connectivity index (χ4n) is 0.743. The Morgan fingerprint density at radius 2 is 1.45 bits per heavy atom. The van der Waals surface area contributed by atoms with Crippen LogP contribution in [-0.4, -0.2) is 17.0 Å². The van der Waals surface area contributed by atoms with E-state index in [0.717, 1.165) is 5.56 Å². The predicted molar refractivity (Wildman–Crippen MR) is 41.6 cm³/mol. The van der Waals surface area contributed by atoms with Gasteiger partial charge in [0, 0.05) is 6.07 Å². The molecule has 2 N–H and O–H groups in total. The minimum absolute atomic E-state index is 0.104. The van der Waals surface area contributed by atoms with Crippen LogP contribution in [0.5, 0.6) is 11.5 Å². The van der Waals surface area contributed by atoms with Crippen LogP contribution in [0.2, 0.25) is 0 Å². The van der Waals surface area contributed by atoms with Crippen LogP contribution in [0.4, 0.5) is 0 Å². The molecule has 11 heavy (non-hydrogen) atoms. The fourth-order valence-corrected chi connectivity index (χ4v) is 0.743. The number of aryl methyl sites for hydroxylation is 1. The SMILES string of the molecule is C=O.Cc1cc(O)cc(O)c1. The van der Waals surface area contributed by atoms with E-state index in [9.17, 15) is 0 Å². The Labute approximate surface area is 64.9 Å². The zero-order chi connectivity index (χ0) is 8.85. The maximum absolute atomic E-state index is 8.83. The van der Waals surface area contributed by atoms with Crippen LogP contribution in [-0.2, 0) is 4.79 Å². The molecule has 0 saturated carbocycles. The lowest BCUT2D eigenvalue weighted by molar-refractivity contribution is -0.0979. The van der Waals surface area contributed by atoms with Crippen LogP contribution in [0.25, 0.3) is 0 Å². The molecule has 0 bridgehead atoms. The lowest BCUT2D eigenvalue weighted by Gasteiger charge is -1.94. The van der Waals surface area contributed by atoms with E-state index in [2.05, 4.69) is 0 Å². The highest BCUT2D eigenvalue weighted by atomic mass is 16.3. The van der Waals surface area contributed by atoms with Crippen molar-refractivity contribution in [3.8, 4) is 11.5 Å². The lowest BCUT2D eigenvalue weighted by Crippen LogP contribution is -1.70. The summed E-state index contributed by atoms with van der Waals surface area (Å²) in [6, 6.07) is 4.46. The average Bonchev–Trinajstić information content (AvgIpc) is 1.88. The van der Waals surface area contributed by atoms with Gasteiger partial charge in [-0.2, -0.15) is 0 Å². The molecular formula is C8H10O3. The Morgan fingerprint density at radius 3 is 1.73 bits per heavy atom. The van der Waals surface area contributed by atoms with Gasteiger partial charge in [-0.1, -0.05) is 0 Å². The maximum Gasteiger partial charge on any atom is 0.119 e. The zero-order valence-electron chi connectivity index (χ0n) is 6.24. The second-order valence-corrected chi connectivity index (χ2v) is 2.03. The Kier molecular flexibility index (Phi) is 3.73. The second-order valence-electron chi connectivity index (χ2n) is 2.03. The number of aromatic hydroxyl groups is 2. The Balaban J connectivity index is 0.000000461. The van der Waals surface area contributed by atoms with Crippen LogP contribution in [0.1, 0.15) is 5.56 Å². The van der Waals surface area contributed by atoms with Gasteiger partial charge < -0.3 is 15.0 Å². The molecule has 1 aromatic carbocycles. The van der Waals surface area contributed by atoms with Gasteiger partial charge in [0.05, 0.1) is 0 Å². The van der Waals surface area contributed by atoms with E-state index in [1.54, 1.807) is 19.1 Å². The molecule has 0 heterocycles. The molecule has 0 aliphatic carbocycles.